The molecule has 0 aliphatic heterocycles. The van der Waals surface area contributed by atoms with Gasteiger partial charge in [0.1, 0.15) is 0 Å². The van der Waals surface area contributed by atoms with E-state index in [0.29, 0.717) is 23.8 Å². The van der Waals surface area contributed by atoms with E-state index in [1.807, 2.05) is 6.92 Å². The minimum atomic E-state index is -4.45. The van der Waals surface area contributed by atoms with Crippen molar-refractivity contribution >= 4 is 11.6 Å². The summed E-state index contributed by atoms with van der Waals surface area (Å²) < 4.78 is 51.4. The molecule has 0 aliphatic rings. The van der Waals surface area contributed by atoms with Crippen molar-refractivity contribution in [3.05, 3.63) is 42.1 Å². The number of alkyl halides is 3. The fourth-order valence-electron chi connectivity index (χ4n) is 1.98. The lowest BCUT2D eigenvalue weighted by Gasteiger charge is -2.12. The Morgan fingerprint density at radius 1 is 1.15 bits per heavy atom. The maximum atomic E-state index is 12.2. The van der Waals surface area contributed by atoms with Crippen LogP contribution in [0.2, 0.25) is 0 Å². The van der Waals surface area contributed by atoms with E-state index in [9.17, 15) is 18.0 Å². The molecule has 0 unspecified atom stereocenters. The third-order valence-electron chi connectivity index (χ3n) is 3.10. The van der Waals surface area contributed by atoms with Crippen molar-refractivity contribution in [1.29, 1.82) is 0 Å². The lowest BCUT2D eigenvalue weighted by molar-refractivity contribution is -0.154. The zero-order valence-electron chi connectivity index (χ0n) is 14.1. The number of anilines is 1. The van der Waals surface area contributed by atoms with E-state index < -0.39 is 18.7 Å². The first-order valence-corrected chi connectivity index (χ1v) is 7.60. The first-order chi connectivity index (χ1) is 12.3. The smallest absolute Gasteiger partial charge is 0.422 e. The molecule has 1 aromatic heterocycles. The topological polar surface area (TPSA) is 69.7 Å². The molecule has 1 N–H and O–H groups in total. The van der Waals surface area contributed by atoms with Crippen molar-refractivity contribution in [2.45, 2.75) is 13.1 Å². The van der Waals surface area contributed by atoms with Crippen molar-refractivity contribution in [3.8, 4) is 17.4 Å². The molecule has 1 amide bonds. The molecule has 9 heteroatoms. The van der Waals surface area contributed by atoms with Crippen LogP contribution in [-0.4, -0.2) is 37.4 Å². The number of halogens is 3. The molecule has 2 aromatic rings. The summed E-state index contributed by atoms with van der Waals surface area (Å²) in [5, 5.41) is 2.64. The zero-order valence-corrected chi connectivity index (χ0v) is 14.1. The van der Waals surface area contributed by atoms with E-state index in [1.54, 1.807) is 18.2 Å². The van der Waals surface area contributed by atoms with Gasteiger partial charge in [0.05, 0.1) is 19.3 Å². The molecule has 140 valence electrons. The third kappa shape index (κ3) is 5.54. The minimum Gasteiger partial charge on any atom is -0.493 e. The van der Waals surface area contributed by atoms with Crippen LogP contribution in [0, 0.1) is 0 Å². The number of pyridine rings is 1. The summed E-state index contributed by atoms with van der Waals surface area (Å²) in [6.45, 7) is 0.859. The second-order valence-electron chi connectivity index (χ2n) is 5.04. The molecule has 0 spiro atoms. The summed E-state index contributed by atoms with van der Waals surface area (Å²) in [5.74, 6) is 0.298. The van der Waals surface area contributed by atoms with Crippen LogP contribution in [0.5, 0.6) is 17.4 Å². The SMILES string of the molecule is CCOc1ccc(NC(=O)c2ccc(OCC(F)(F)F)nc2)cc1OC. The first-order valence-electron chi connectivity index (χ1n) is 7.60. The Hall–Kier alpha value is -2.97. The largest absolute Gasteiger partial charge is 0.493 e. The second kappa shape index (κ2) is 8.41. The Balaban J connectivity index is 2.03. The van der Waals surface area contributed by atoms with Crippen molar-refractivity contribution in [2.24, 2.45) is 0 Å². The van der Waals surface area contributed by atoms with Gasteiger partial charge in [0.2, 0.25) is 5.88 Å². The molecular weight excluding hydrogens is 353 g/mol. The number of carbonyl (C=O) groups excluding carboxylic acids is 1. The van der Waals surface area contributed by atoms with Crippen LogP contribution in [0.15, 0.2) is 36.5 Å². The highest BCUT2D eigenvalue weighted by Crippen LogP contribution is 2.30. The van der Waals surface area contributed by atoms with E-state index in [1.165, 1.54) is 19.2 Å². The average Bonchev–Trinajstić information content (AvgIpc) is 2.61. The maximum absolute atomic E-state index is 12.2. The van der Waals surface area contributed by atoms with Gasteiger partial charge in [-0.2, -0.15) is 13.2 Å². The number of nitrogens with one attached hydrogen (secondary N) is 1. The summed E-state index contributed by atoms with van der Waals surface area (Å²) in [4.78, 5) is 15.9. The van der Waals surface area contributed by atoms with Gasteiger partial charge in [0.25, 0.3) is 5.91 Å². The fraction of sp³-hybridized carbons (Fsp3) is 0.294. The molecule has 1 heterocycles. The number of hydrogen-bond donors (Lipinski definition) is 1. The highest BCUT2D eigenvalue weighted by atomic mass is 19.4. The number of benzene rings is 1. The van der Waals surface area contributed by atoms with Crippen molar-refractivity contribution in [3.63, 3.8) is 0 Å². The van der Waals surface area contributed by atoms with Crippen LogP contribution in [-0.2, 0) is 0 Å². The van der Waals surface area contributed by atoms with Crippen LogP contribution in [0.4, 0.5) is 18.9 Å². The van der Waals surface area contributed by atoms with Crippen molar-refractivity contribution < 1.29 is 32.2 Å². The van der Waals surface area contributed by atoms with Gasteiger partial charge in [-0.1, -0.05) is 0 Å². The molecule has 0 bridgehead atoms. The molecule has 0 radical (unpaired) electrons. The lowest BCUT2D eigenvalue weighted by atomic mass is 10.2. The maximum Gasteiger partial charge on any atom is 0.422 e. The van der Waals surface area contributed by atoms with Crippen molar-refractivity contribution in [1.82, 2.24) is 4.98 Å². The van der Waals surface area contributed by atoms with E-state index >= 15 is 0 Å². The number of rotatable bonds is 7. The quantitative estimate of drug-likeness (QED) is 0.805. The standard InChI is InChI=1S/C17H17F3N2O4/c1-3-25-13-6-5-12(8-14(13)24-2)22-16(23)11-4-7-15(21-9-11)26-10-17(18,19)20/h4-9H,3,10H2,1-2H3,(H,22,23). The lowest BCUT2D eigenvalue weighted by Crippen LogP contribution is -2.19. The Morgan fingerprint density at radius 2 is 1.92 bits per heavy atom. The normalized spacial score (nSPS) is 11.0. The van der Waals surface area contributed by atoms with Crippen molar-refractivity contribution in [2.75, 3.05) is 25.6 Å². The molecule has 0 atom stereocenters. The van der Waals surface area contributed by atoms with Gasteiger partial charge in [0, 0.05) is 24.0 Å². The molecule has 0 saturated heterocycles. The number of amides is 1. The summed E-state index contributed by atoms with van der Waals surface area (Å²) in [6, 6.07) is 7.40. The minimum absolute atomic E-state index is 0.164. The number of aromatic nitrogens is 1. The van der Waals surface area contributed by atoms with E-state index in [0.717, 1.165) is 6.20 Å². The van der Waals surface area contributed by atoms with Gasteiger partial charge in [-0.15, -0.1) is 0 Å². The monoisotopic (exact) mass is 370 g/mol. The van der Waals surface area contributed by atoms with Crippen LogP contribution < -0.4 is 19.5 Å². The second-order valence-corrected chi connectivity index (χ2v) is 5.04. The molecule has 0 saturated carbocycles. The number of carbonyl (C=O) groups is 1. The summed E-state index contributed by atoms with van der Waals surface area (Å²) >= 11 is 0. The summed E-state index contributed by atoms with van der Waals surface area (Å²) in [6.07, 6.45) is -3.32. The number of nitrogens with zero attached hydrogens (tertiary/aromatic N) is 1. The van der Waals surface area contributed by atoms with E-state index in [4.69, 9.17) is 9.47 Å². The summed E-state index contributed by atoms with van der Waals surface area (Å²) in [7, 11) is 1.48. The third-order valence-corrected chi connectivity index (χ3v) is 3.10. The van der Waals surface area contributed by atoms with E-state index in [-0.39, 0.29) is 11.4 Å². The van der Waals surface area contributed by atoms with Gasteiger partial charge in [0.15, 0.2) is 18.1 Å². The van der Waals surface area contributed by atoms with Gasteiger partial charge in [-0.25, -0.2) is 4.98 Å². The Labute approximate surface area is 147 Å². The molecule has 2 rings (SSSR count). The molecule has 0 fully saturated rings. The molecule has 26 heavy (non-hydrogen) atoms. The van der Waals surface area contributed by atoms with Gasteiger partial charge >= 0.3 is 6.18 Å². The van der Waals surface area contributed by atoms with Gasteiger partial charge in [-0.3, -0.25) is 4.79 Å². The Morgan fingerprint density at radius 3 is 2.50 bits per heavy atom. The van der Waals surface area contributed by atoms with Crippen LogP contribution >= 0.6 is 0 Å². The number of ether oxygens (including phenoxy) is 3. The van der Waals surface area contributed by atoms with Gasteiger partial charge < -0.3 is 19.5 Å². The fourth-order valence-corrected chi connectivity index (χ4v) is 1.98. The number of methoxy groups -OCH3 is 1. The predicted molar refractivity (Wildman–Crippen MR) is 87.9 cm³/mol. The first kappa shape index (κ1) is 19.4. The highest BCUT2D eigenvalue weighted by Gasteiger charge is 2.28. The summed E-state index contributed by atoms with van der Waals surface area (Å²) in [5.41, 5.74) is 0.630. The average molecular weight is 370 g/mol. The predicted octanol–water partition coefficient (Wildman–Crippen LogP) is 3.68. The Kier molecular flexibility index (Phi) is 6.26. The van der Waals surface area contributed by atoms with Crippen LogP contribution in [0.1, 0.15) is 17.3 Å². The highest BCUT2D eigenvalue weighted by molar-refractivity contribution is 6.04. The molecule has 6 nitrogen and oxygen atoms in total. The Bertz CT molecular complexity index is 749. The zero-order chi connectivity index (χ0) is 19.2. The van der Waals surface area contributed by atoms with Gasteiger partial charge in [-0.05, 0) is 25.1 Å². The van der Waals surface area contributed by atoms with E-state index in [2.05, 4.69) is 15.0 Å². The van der Waals surface area contributed by atoms with Crippen LogP contribution in [0.3, 0.4) is 0 Å². The number of hydrogen-bond acceptors (Lipinski definition) is 5. The van der Waals surface area contributed by atoms with Crippen LogP contribution in [0.25, 0.3) is 0 Å². The molecular formula is C17H17F3N2O4. The molecule has 0 aliphatic carbocycles. The molecule has 1 aromatic carbocycles.